The van der Waals surface area contributed by atoms with Crippen molar-refractivity contribution < 1.29 is 27.0 Å². The van der Waals surface area contributed by atoms with Gasteiger partial charge in [0.15, 0.2) is 11.6 Å². The number of rotatable bonds is 7. The molecular weight excluding hydrogens is 454 g/mol. The summed E-state index contributed by atoms with van der Waals surface area (Å²) < 4.78 is 60.2. The van der Waals surface area contributed by atoms with Crippen LogP contribution >= 0.6 is 0 Å². The van der Waals surface area contributed by atoms with Crippen molar-refractivity contribution in [3.8, 4) is 11.5 Å². The summed E-state index contributed by atoms with van der Waals surface area (Å²) in [5.74, 6) is 0.626. The third kappa shape index (κ3) is 6.18. The van der Waals surface area contributed by atoms with E-state index < -0.39 is 12.2 Å². The molecule has 1 fully saturated rings. The fraction of sp³-hybridized carbons (Fsp3) is 0.304. The molecule has 11 heteroatoms. The Morgan fingerprint density at radius 3 is 2.24 bits per heavy atom. The first-order valence-corrected chi connectivity index (χ1v) is 10.7. The molecule has 4 rings (SSSR count). The van der Waals surface area contributed by atoms with Crippen molar-refractivity contribution in [1.29, 1.82) is 0 Å². The standard InChI is InChI=1S/C23H23F4N5O2/c1-33-19-10-7-16(13-18(19)24)29-22-30-20(14-21(31-22)32-11-3-2-4-12-32)28-15-5-8-17(9-6-15)34-23(25,26)27/h5-10,13-14H,2-4,11-12H2,1H3,(H2,28,29,30,31). The van der Waals surface area contributed by atoms with E-state index in [1.165, 1.54) is 43.5 Å². The highest BCUT2D eigenvalue weighted by Gasteiger charge is 2.31. The topological polar surface area (TPSA) is 71.5 Å². The van der Waals surface area contributed by atoms with Gasteiger partial charge < -0.3 is 25.0 Å². The molecule has 0 amide bonds. The summed E-state index contributed by atoms with van der Waals surface area (Å²) in [6.07, 6.45) is -1.53. The fourth-order valence-electron chi connectivity index (χ4n) is 3.60. The Labute approximate surface area is 193 Å². The molecule has 0 radical (unpaired) electrons. The lowest BCUT2D eigenvalue weighted by Gasteiger charge is -2.28. The van der Waals surface area contributed by atoms with Gasteiger partial charge in [-0.1, -0.05) is 0 Å². The summed E-state index contributed by atoms with van der Waals surface area (Å²) in [6, 6.07) is 11.5. The fourth-order valence-corrected chi connectivity index (χ4v) is 3.60. The largest absolute Gasteiger partial charge is 0.573 e. The normalized spacial score (nSPS) is 14.0. The van der Waals surface area contributed by atoms with Gasteiger partial charge in [-0.15, -0.1) is 13.2 Å². The summed E-state index contributed by atoms with van der Waals surface area (Å²) in [4.78, 5) is 11.2. The molecule has 1 saturated heterocycles. The number of nitrogens with one attached hydrogen (secondary N) is 2. The van der Waals surface area contributed by atoms with E-state index in [9.17, 15) is 17.6 Å². The van der Waals surface area contributed by atoms with Gasteiger partial charge in [-0.05, 0) is 55.7 Å². The highest BCUT2D eigenvalue weighted by Crippen LogP contribution is 2.29. The molecule has 34 heavy (non-hydrogen) atoms. The SMILES string of the molecule is COc1ccc(Nc2nc(Nc3ccc(OC(F)(F)F)cc3)cc(N3CCCCC3)n2)cc1F. The van der Waals surface area contributed by atoms with Gasteiger partial charge in [0.2, 0.25) is 5.95 Å². The predicted molar refractivity (Wildman–Crippen MR) is 121 cm³/mol. The second-order valence-corrected chi connectivity index (χ2v) is 7.65. The summed E-state index contributed by atoms with van der Waals surface area (Å²) >= 11 is 0. The molecule has 1 aromatic heterocycles. The third-order valence-electron chi connectivity index (χ3n) is 5.16. The molecule has 2 heterocycles. The molecule has 0 saturated carbocycles. The Hall–Kier alpha value is -3.76. The van der Waals surface area contributed by atoms with E-state index in [1.807, 2.05) is 0 Å². The minimum atomic E-state index is -4.76. The number of halogens is 4. The van der Waals surface area contributed by atoms with Crippen LogP contribution in [0.25, 0.3) is 0 Å². The van der Waals surface area contributed by atoms with Crippen LogP contribution in [0.3, 0.4) is 0 Å². The van der Waals surface area contributed by atoms with Crippen molar-refractivity contribution in [2.45, 2.75) is 25.6 Å². The van der Waals surface area contributed by atoms with E-state index in [2.05, 4.69) is 30.2 Å². The summed E-state index contributed by atoms with van der Waals surface area (Å²) in [5, 5.41) is 6.09. The van der Waals surface area contributed by atoms with Crippen molar-refractivity contribution in [3.63, 3.8) is 0 Å². The third-order valence-corrected chi connectivity index (χ3v) is 5.16. The number of piperidine rings is 1. The van der Waals surface area contributed by atoms with Gasteiger partial charge in [-0.25, -0.2) is 4.39 Å². The van der Waals surface area contributed by atoms with Crippen LogP contribution in [0.1, 0.15) is 19.3 Å². The lowest BCUT2D eigenvalue weighted by Crippen LogP contribution is -2.30. The molecule has 0 bridgehead atoms. The Balaban J connectivity index is 1.59. The summed E-state index contributed by atoms with van der Waals surface area (Å²) in [6.45, 7) is 1.69. The maximum atomic E-state index is 14.1. The van der Waals surface area contributed by atoms with Gasteiger partial charge in [0.25, 0.3) is 0 Å². The Morgan fingerprint density at radius 1 is 0.882 bits per heavy atom. The van der Waals surface area contributed by atoms with Crippen LogP contribution in [-0.2, 0) is 0 Å². The first-order valence-electron chi connectivity index (χ1n) is 10.7. The van der Waals surface area contributed by atoms with Crippen LogP contribution in [0.5, 0.6) is 11.5 Å². The van der Waals surface area contributed by atoms with Crippen LogP contribution in [-0.4, -0.2) is 36.5 Å². The zero-order valence-electron chi connectivity index (χ0n) is 18.3. The van der Waals surface area contributed by atoms with E-state index in [1.54, 1.807) is 12.1 Å². The number of hydrogen-bond donors (Lipinski definition) is 2. The van der Waals surface area contributed by atoms with E-state index in [-0.39, 0.29) is 17.4 Å². The van der Waals surface area contributed by atoms with Crippen molar-refractivity contribution in [2.75, 3.05) is 35.7 Å². The van der Waals surface area contributed by atoms with Gasteiger partial charge in [0.05, 0.1) is 7.11 Å². The second-order valence-electron chi connectivity index (χ2n) is 7.65. The molecule has 0 unspecified atom stereocenters. The number of benzene rings is 2. The highest BCUT2D eigenvalue weighted by atomic mass is 19.4. The number of methoxy groups -OCH3 is 1. The van der Waals surface area contributed by atoms with Crippen molar-refractivity contribution in [2.24, 2.45) is 0 Å². The number of nitrogens with zero attached hydrogens (tertiary/aromatic N) is 3. The average molecular weight is 477 g/mol. The second kappa shape index (κ2) is 10.0. The molecule has 2 aromatic carbocycles. The number of aromatic nitrogens is 2. The summed E-state index contributed by atoms with van der Waals surface area (Å²) in [7, 11) is 1.39. The number of hydrogen-bond acceptors (Lipinski definition) is 7. The molecule has 0 atom stereocenters. The maximum Gasteiger partial charge on any atom is 0.573 e. The van der Waals surface area contributed by atoms with Crippen molar-refractivity contribution >= 4 is 29.0 Å². The Bertz CT molecular complexity index is 1120. The monoisotopic (exact) mass is 477 g/mol. The van der Waals surface area contributed by atoms with Crippen LogP contribution in [0.2, 0.25) is 0 Å². The molecule has 1 aliphatic heterocycles. The molecule has 0 spiro atoms. The maximum absolute atomic E-state index is 14.1. The van der Waals surface area contributed by atoms with E-state index in [0.717, 1.165) is 32.4 Å². The van der Waals surface area contributed by atoms with Gasteiger partial charge in [-0.3, -0.25) is 0 Å². The van der Waals surface area contributed by atoms with Gasteiger partial charge >= 0.3 is 6.36 Å². The number of anilines is 5. The van der Waals surface area contributed by atoms with Gasteiger partial charge in [0, 0.05) is 36.6 Å². The van der Waals surface area contributed by atoms with Gasteiger partial charge in [0.1, 0.15) is 17.4 Å². The molecule has 1 aliphatic rings. The zero-order valence-corrected chi connectivity index (χ0v) is 18.3. The van der Waals surface area contributed by atoms with Crippen molar-refractivity contribution in [1.82, 2.24) is 9.97 Å². The first-order chi connectivity index (χ1) is 16.3. The minimum absolute atomic E-state index is 0.119. The smallest absolute Gasteiger partial charge is 0.494 e. The van der Waals surface area contributed by atoms with E-state index in [4.69, 9.17) is 4.74 Å². The minimum Gasteiger partial charge on any atom is -0.494 e. The quantitative estimate of drug-likeness (QED) is 0.405. The molecule has 2 N–H and O–H groups in total. The highest BCUT2D eigenvalue weighted by molar-refractivity contribution is 5.64. The van der Waals surface area contributed by atoms with Crippen molar-refractivity contribution in [3.05, 3.63) is 54.3 Å². The van der Waals surface area contributed by atoms with E-state index in [0.29, 0.717) is 23.0 Å². The molecule has 180 valence electrons. The zero-order chi connectivity index (χ0) is 24.1. The lowest BCUT2D eigenvalue weighted by molar-refractivity contribution is -0.274. The molecule has 7 nitrogen and oxygen atoms in total. The van der Waals surface area contributed by atoms with Crippen LogP contribution < -0.4 is 25.0 Å². The van der Waals surface area contributed by atoms with Crippen LogP contribution in [0.15, 0.2) is 48.5 Å². The Kier molecular flexibility index (Phi) is 6.90. The number of alkyl halides is 3. The predicted octanol–water partition coefficient (Wildman–Crippen LogP) is 6.00. The first kappa shape index (κ1) is 23.4. The van der Waals surface area contributed by atoms with Crippen LogP contribution in [0.4, 0.5) is 46.5 Å². The van der Waals surface area contributed by atoms with E-state index >= 15 is 0 Å². The van der Waals surface area contributed by atoms with Gasteiger partial charge in [-0.2, -0.15) is 9.97 Å². The lowest BCUT2D eigenvalue weighted by atomic mass is 10.1. The Morgan fingerprint density at radius 2 is 1.59 bits per heavy atom. The van der Waals surface area contributed by atoms with Crippen LogP contribution in [0, 0.1) is 5.82 Å². The molecule has 3 aromatic rings. The molecule has 0 aliphatic carbocycles. The summed E-state index contributed by atoms with van der Waals surface area (Å²) in [5.41, 5.74) is 0.952. The number of ether oxygens (including phenoxy) is 2. The molecular formula is C23H23F4N5O2. The average Bonchev–Trinajstić information content (AvgIpc) is 2.80.